The maximum Gasteiger partial charge on any atom is 0.416 e. The van der Waals surface area contributed by atoms with Crippen LogP contribution in [0.3, 0.4) is 0 Å². The Balaban J connectivity index is 2.03. The summed E-state index contributed by atoms with van der Waals surface area (Å²) >= 11 is 0. The molecule has 2 aromatic carbocycles. The average Bonchev–Trinajstić information content (AvgIpc) is 2.87. The summed E-state index contributed by atoms with van der Waals surface area (Å²) in [6, 6.07) is 8.57. The molecule has 0 atom stereocenters. The highest BCUT2D eigenvalue weighted by Gasteiger charge is 2.38. The van der Waals surface area contributed by atoms with Crippen molar-refractivity contribution >= 4 is 10.9 Å². The summed E-state index contributed by atoms with van der Waals surface area (Å²) in [5.41, 5.74) is -2.32. The molecule has 0 saturated heterocycles. The third-order valence-corrected chi connectivity index (χ3v) is 3.54. The smallest absolute Gasteiger partial charge is 0.267 e. The quantitative estimate of drug-likeness (QED) is 0.590. The second-order valence-corrected chi connectivity index (χ2v) is 5.25. The van der Waals surface area contributed by atoms with Crippen LogP contribution >= 0.6 is 0 Å². The lowest BCUT2D eigenvalue weighted by atomic mass is 10.0. The van der Waals surface area contributed by atoms with Crippen molar-refractivity contribution in [2.24, 2.45) is 0 Å². The highest BCUT2D eigenvalue weighted by Crippen LogP contribution is 2.37. The third-order valence-electron chi connectivity index (χ3n) is 3.54. The molecule has 0 aliphatic heterocycles. The minimum absolute atomic E-state index is 0.137. The van der Waals surface area contributed by atoms with Gasteiger partial charge in [-0.25, -0.2) is 0 Å². The number of aromatic nitrogens is 2. The fourth-order valence-corrected chi connectivity index (χ4v) is 2.43. The van der Waals surface area contributed by atoms with Crippen LogP contribution in [0, 0.1) is 0 Å². The molecule has 0 saturated carbocycles. The highest BCUT2D eigenvalue weighted by atomic mass is 19.4. The first-order chi connectivity index (χ1) is 11.1. The number of benzene rings is 2. The Morgan fingerprint density at radius 2 is 1.58 bits per heavy atom. The van der Waals surface area contributed by atoms with Gasteiger partial charge in [-0.1, -0.05) is 24.3 Å². The first-order valence-electron chi connectivity index (χ1n) is 6.84. The van der Waals surface area contributed by atoms with Crippen LogP contribution in [0.15, 0.2) is 48.7 Å². The van der Waals surface area contributed by atoms with Gasteiger partial charge in [0.2, 0.25) is 0 Å². The largest absolute Gasteiger partial charge is 0.416 e. The summed E-state index contributed by atoms with van der Waals surface area (Å²) in [5, 5.41) is 4.86. The van der Waals surface area contributed by atoms with Crippen molar-refractivity contribution in [3.63, 3.8) is 0 Å². The van der Waals surface area contributed by atoms with Crippen molar-refractivity contribution in [2.75, 3.05) is 0 Å². The van der Waals surface area contributed by atoms with Crippen molar-refractivity contribution in [2.45, 2.75) is 18.9 Å². The monoisotopic (exact) mass is 344 g/mol. The molecule has 0 spiro atoms. The predicted molar refractivity (Wildman–Crippen MR) is 75.3 cm³/mol. The summed E-state index contributed by atoms with van der Waals surface area (Å²) in [6.45, 7) is -0.276. The molecule has 0 fully saturated rings. The van der Waals surface area contributed by atoms with Gasteiger partial charge in [0.05, 0.1) is 23.2 Å². The molecule has 3 rings (SSSR count). The molecule has 0 unspecified atom stereocenters. The fourth-order valence-electron chi connectivity index (χ4n) is 2.43. The SMILES string of the molecule is FC(F)(F)c1ccc(Cn2cc3ccccc3n2)c(C(F)(F)F)c1. The molecule has 1 heterocycles. The summed E-state index contributed by atoms with van der Waals surface area (Å²) in [4.78, 5) is 0. The molecular weight excluding hydrogens is 334 g/mol. The van der Waals surface area contributed by atoms with Gasteiger partial charge >= 0.3 is 12.4 Å². The number of rotatable bonds is 2. The minimum Gasteiger partial charge on any atom is -0.267 e. The van der Waals surface area contributed by atoms with Crippen molar-refractivity contribution < 1.29 is 26.3 Å². The van der Waals surface area contributed by atoms with Crippen LogP contribution in [0.1, 0.15) is 16.7 Å². The number of hydrogen-bond donors (Lipinski definition) is 0. The second kappa shape index (κ2) is 5.54. The Morgan fingerprint density at radius 1 is 0.875 bits per heavy atom. The van der Waals surface area contributed by atoms with E-state index < -0.39 is 23.5 Å². The topological polar surface area (TPSA) is 17.8 Å². The molecule has 3 aromatic rings. The van der Waals surface area contributed by atoms with E-state index in [1.807, 2.05) is 0 Å². The van der Waals surface area contributed by atoms with Gasteiger partial charge in [0.25, 0.3) is 0 Å². The van der Waals surface area contributed by atoms with E-state index in [0.29, 0.717) is 11.6 Å². The molecule has 0 N–H and O–H groups in total. The van der Waals surface area contributed by atoms with Gasteiger partial charge in [0.1, 0.15) is 0 Å². The molecule has 24 heavy (non-hydrogen) atoms. The molecular formula is C16H10F6N2. The van der Waals surface area contributed by atoms with E-state index in [1.54, 1.807) is 30.5 Å². The number of halogens is 6. The zero-order valence-corrected chi connectivity index (χ0v) is 12.0. The van der Waals surface area contributed by atoms with Crippen molar-refractivity contribution in [3.05, 3.63) is 65.4 Å². The summed E-state index contributed by atoms with van der Waals surface area (Å²) in [7, 11) is 0. The van der Waals surface area contributed by atoms with Crippen LogP contribution in [0.2, 0.25) is 0 Å². The van der Waals surface area contributed by atoms with E-state index >= 15 is 0 Å². The van der Waals surface area contributed by atoms with Crippen LogP contribution in [-0.2, 0) is 18.9 Å². The Kier molecular flexibility index (Phi) is 3.77. The van der Waals surface area contributed by atoms with Crippen LogP contribution in [0.5, 0.6) is 0 Å². The standard InChI is InChI=1S/C16H10F6N2/c17-15(18,19)12-6-5-10(13(7-12)16(20,21)22)8-24-9-11-3-1-2-4-14(11)23-24/h1-7,9H,8H2. The van der Waals surface area contributed by atoms with Gasteiger partial charge in [-0.05, 0) is 23.8 Å². The van der Waals surface area contributed by atoms with Crippen molar-refractivity contribution in [1.82, 2.24) is 9.78 Å². The van der Waals surface area contributed by atoms with Gasteiger partial charge in [0, 0.05) is 11.6 Å². The Labute approximate surface area is 132 Å². The molecule has 0 radical (unpaired) electrons. The number of alkyl halides is 6. The molecule has 126 valence electrons. The lowest BCUT2D eigenvalue weighted by molar-refractivity contribution is -0.143. The van der Waals surface area contributed by atoms with Crippen LogP contribution in [0.25, 0.3) is 10.9 Å². The first-order valence-corrected chi connectivity index (χ1v) is 6.84. The zero-order chi connectivity index (χ0) is 17.5. The molecule has 1 aromatic heterocycles. The summed E-state index contributed by atoms with van der Waals surface area (Å²) in [6.07, 6.45) is -8.17. The van der Waals surface area contributed by atoms with Gasteiger partial charge in [0.15, 0.2) is 0 Å². The van der Waals surface area contributed by atoms with Gasteiger partial charge < -0.3 is 0 Å². The molecule has 0 aliphatic rings. The Hall–Kier alpha value is -2.51. The Morgan fingerprint density at radius 3 is 2.21 bits per heavy atom. The average molecular weight is 344 g/mol. The summed E-state index contributed by atoms with van der Waals surface area (Å²) < 4.78 is 78.7. The molecule has 0 bridgehead atoms. The van der Waals surface area contributed by atoms with E-state index in [1.165, 1.54) is 4.68 Å². The van der Waals surface area contributed by atoms with Crippen LogP contribution in [0.4, 0.5) is 26.3 Å². The normalized spacial score (nSPS) is 12.8. The molecule has 0 amide bonds. The summed E-state index contributed by atoms with van der Waals surface area (Å²) in [5.74, 6) is 0. The maximum absolute atomic E-state index is 13.1. The number of fused-ring (bicyclic) bond motifs is 1. The lowest BCUT2D eigenvalue weighted by Crippen LogP contribution is -2.15. The van der Waals surface area contributed by atoms with E-state index in [2.05, 4.69) is 5.10 Å². The molecule has 8 heteroatoms. The minimum atomic E-state index is -4.89. The molecule has 2 nitrogen and oxygen atoms in total. The van der Waals surface area contributed by atoms with Crippen LogP contribution < -0.4 is 0 Å². The maximum atomic E-state index is 13.1. The third kappa shape index (κ3) is 3.22. The molecule has 0 aliphatic carbocycles. The van der Waals surface area contributed by atoms with Gasteiger partial charge in [-0.15, -0.1) is 0 Å². The predicted octanol–water partition coefficient (Wildman–Crippen LogP) is 5.12. The van der Waals surface area contributed by atoms with E-state index in [4.69, 9.17) is 0 Å². The fraction of sp³-hybridized carbons (Fsp3) is 0.188. The second-order valence-electron chi connectivity index (χ2n) is 5.25. The zero-order valence-electron chi connectivity index (χ0n) is 12.0. The van der Waals surface area contributed by atoms with E-state index in [-0.39, 0.29) is 18.2 Å². The number of hydrogen-bond acceptors (Lipinski definition) is 1. The highest BCUT2D eigenvalue weighted by molar-refractivity contribution is 5.77. The number of nitrogens with zero attached hydrogens (tertiary/aromatic N) is 2. The van der Waals surface area contributed by atoms with Crippen molar-refractivity contribution in [3.8, 4) is 0 Å². The first kappa shape index (κ1) is 16.4. The van der Waals surface area contributed by atoms with Gasteiger partial charge in [-0.3, -0.25) is 4.68 Å². The Bertz CT molecular complexity index is 843. The van der Waals surface area contributed by atoms with Gasteiger partial charge in [-0.2, -0.15) is 31.4 Å². The van der Waals surface area contributed by atoms with Crippen molar-refractivity contribution in [1.29, 1.82) is 0 Å². The lowest BCUT2D eigenvalue weighted by Gasteiger charge is -2.16. The van der Waals surface area contributed by atoms with E-state index in [0.717, 1.165) is 11.5 Å². The van der Waals surface area contributed by atoms with E-state index in [9.17, 15) is 26.3 Å². The van der Waals surface area contributed by atoms with Crippen LogP contribution in [-0.4, -0.2) is 9.78 Å².